The Labute approximate surface area is 251 Å². The van der Waals surface area contributed by atoms with Crippen LogP contribution in [-0.2, 0) is 14.7 Å². The van der Waals surface area contributed by atoms with Gasteiger partial charge < -0.3 is 13.7 Å². The summed E-state index contributed by atoms with van der Waals surface area (Å²) >= 11 is 0. The van der Waals surface area contributed by atoms with Crippen LogP contribution in [0.3, 0.4) is 0 Å². The number of hydrogen-bond donors (Lipinski definition) is 0. The first-order valence-corrected chi connectivity index (χ1v) is 15.1. The predicted molar refractivity (Wildman–Crippen MR) is 176 cm³/mol. The van der Waals surface area contributed by atoms with Crippen molar-refractivity contribution in [3.8, 4) is 11.1 Å². The van der Waals surface area contributed by atoms with Gasteiger partial charge in [0.25, 0.3) is 0 Å². The average Bonchev–Trinajstić information content (AvgIpc) is 3.56. The Morgan fingerprint density at radius 3 is 2.05 bits per heavy atom. The first-order chi connectivity index (χ1) is 20.8. The summed E-state index contributed by atoms with van der Waals surface area (Å²) in [6.45, 7) is 8.42. The maximum Gasteiger partial charge on any atom is 0.494 e. The first kappa shape index (κ1) is 25.2. The minimum atomic E-state index is -0.525. The lowest BCUT2D eigenvalue weighted by molar-refractivity contribution is 0.00578. The molecule has 1 fully saturated rings. The number of benzene rings is 5. The van der Waals surface area contributed by atoms with Crippen LogP contribution in [0.4, 0.5) is 0 Å². The SMILES string of the molecule is CC1(C)OB(c2ccc3c(c2)C=Cc2ccccc2C32c3ccccc3-c3c2ccc2c3oc3ccccc32)OC1(C)C. The smallest absolute Gasteiger partial charge is 0.455 e. The topological polar surface area (TPSA) is 31.6 Å². The van der Waals surface area contributed by atoms with Crippen LogP contribution < -0.4 is 5.46 Å². The van der Waals surface area contributed by atoms with E-state index in [9.17, 15) is 0 Å². The third-order valence-corrected chi connectivity index (χ3v) is 10.4. The Balaban J connectivity index is 1.36. The van der Waals surface area contributed by atoms with E-state index in [1.54, 1.807) is 0 Å². The Hall–Kier alpha value is -4.38. The fraction of sp³-hybridized carbons (Fsp3) is 0.179. The Kier molecular flexibility index (Phi) is 4.90. The molecule has 208 valence electrons. The van der Waals surface area contributed by atoms with E-state index < -0.39 is 23.7 Å². The number of para-hydroxylation sites is 1. The van der Waals surface area contributed by atoms with Gasteiger partial charge in [0.05, 0.1) is 16.6 Å². The van der Waals surface area contributed by atoms with Crippen LogP contribution in [0.25, 0.3) is 45.2 Å². The van der Waals surface area contributed by atoms with E-state index in [-0.39, 0.29) is 0 Å². The van der Waals surface area contributed by atoms with Crippen LogP contribution in [-0.4, -0.2) is 18.3 Å². The molecule has 9 rings (SSSR count). The standard InChI is InChI=1S/C39H31BO3/c1-37(2)38(3,4)43-40(42-37)26-19-21-31-25(23-26)18-17-24-11-5-8-14-30(24)39(31)32-15-9-6-13-29(32)35-33(39)22-20-28-27-12-7-10-16-34(27)41-36(28)35/h5-23H,1-4H3. The van der Waals surface area contributed by atoms with Crippen molar-refractivity contribution < 1.29 is 13.7 Å². The minimum Gasteiger partial charge on any atom is -0.455 e. The van der Waals surface area contributed by atoms with E-state index in [2.05, 4.69) is 137 Å². The van der Waals surface area contributed by atoms with Gasteiger partial charge in [-0.15, -0.1) is 0 Å². The summed E-state index contributed by atoms with van der Waals surface area (Å²) in [7, 11) is -0.427. The average molecular weight is 558 g/mol. The highest BCUT2D eigenvalue weighted by Gasteiger charge is 2.53. The van der Waals surface area contributed by atoms with Crippen molar-refractivity contribution in [2.24, 2.45) is 0 Å². The molecule has 1 unspecified atom stereocenters. The summed E-state index contributed by atoms with van der Waals surface area (Å²) in [5.41, 5.74) is 11.4. The summed E-state index contributed by atoms with van der Waals surface area (Å²) in [6.07, 6.45) is 4.52. The number of furan rings is 1. The molecule has 0 saturated carbocycles. The van der Waals surface area contributed by atoms with Crippen molar-refractivity contribution in [2.45, 2.75) is 44.3 Å². The molecule has 0 bridgehead atoms. The molecule has 1 saturated heterocycles. The van der Waals surface area contributed by atoms with Crippen LogP contribution in [0.2, 0.25) is 0 Å². The van der Waals surface area contributed by atoms with Gasteiger partial charge in [0.2, 0.25) is 0 Å². The van der Waals surface area contributed by atoms with Gasteiger partial charge in [-0.1, -0.05) is 109 Å². The lowest BCUT2D eigenvalue weighted by atomic mass is 9.65. The number of rotatable bonds is 1. The van der Waals surface area contributed by atoms with Crippen LogP contribution in [0, 0.1) is 0 Å². The van der Waals surface area contributed by atoms with Crippen molar-refractivity contribution in [3.05, 3.63) is 137 Å². The molecule has 2 heterocycles. The van der Waals surface area contributed by atoms with Gasteiger partial charge >= 0.3 is 7.12 Å². The molecular weight excluding hydrogens is 527 g/mol. The molecule has 1 spiro atoms. The van der Waals surface area contributed by atoms with Crippen molar-refractivity contribution in [3.63, 3.8) is 0 Å². The van der Waals surface area contributed by atoms with Gasteiger partial charge in [-0.2, -0.15) is 0 Å². The van der Waals surface area contributed by atoms with E-state index >= 15 is 0 Å². The Morgan fingerprint density at radius 1 is 0.558 bits per heavy atom. The second-order valence-electron chi connectivity index (χ2n) is 13.1. The maximum absolute atomic E-state index is 6.67. The van der Waals surface area contributed by atoms with Gasteiger partial charge in [-0.3, -0.25) is 0 Å². The number of fused-ring (bicyclic) bond motifs is 13. The quantitative estimate of drug-likeness (QED) is 0.189. The number of hydrogen-bond acceptors (Lipinski definition) is 3. The van der Waals surface area contributed by atoms with Crippen molar-refractivity contribution in [1.82, 2.24) is 0 Å². The van der Waals surface area contributed by atoms with E-state index in [0.717, 1.165) is 33.0 Å². The van der Waals surface area contributed by atoms with E-state index in [4.69, 9.17) is 13.7 Å². The summed E-state index contributed by atoms with van der Waals surface area (Å²) in [4.78, 5) is 0. The third-order valence-electron chi connectivity index (χ3n) is 10.4. The summed E-state index contributed by atoms with van der Waals surface area (Å²) < 4.78 is 19.6. The van der Waals surface area contributed by atoms with Gasteiger partial charge in [-0.25, -0.2) is 0 Å². The molecule has 0 N–H and O–H groups in total. The van der Waals surface area contributed by atoms with Gasteiger partial charge in [0.1, 0.15) is 11.2 Å². The zero-order valence-electron chi connectivity index (χ0n) is 24.8. The van der Waals surface area contributed by atoms with Crippen molar-refractivity contribution in [1.29, 1.82) is 0 Å². The van der Waals surface area contributed by atoms with Gasteiger partial charge in [0, 0.05) is 16.3 Å². The molecule has 1 atom stereocenters. The third kappa shape index (κ3) is 3.18. The van der Waals surface area contributed by atoms with Crippen LogP contribution in [0.5, 0.6) is 0 Å². The molecule has 4 heteroatoms. The largest absolute Gasteiger partial charge is 0.494 e. The molecule has 43 heavy (non-hydrogen) atoms. The Bertz CT molecular complexity index is 2150. The molecular formula is C39H31BO3. The molecule has 5 aromatic carbocycles. The van der Waals surface area contributed by atoms with Gasteiger partial charge in [0.15, 0.2) is 0 Å². The normalized spacial score (nSPS) is 20.7. The molecule has 6 aromatic rings. The second-order valence-corrected chi connectivity index (χ2v) is 13.1. The van der Waals surface area contributed by atoms with Crippen molar-refractivity contribution >= 4 is 46.7 Å². The van der Waals surface area contributed by atoms with Crippen molar-refractivity contribution in [2.75, 3.05) is 0 Å². The summed E-state index contributed by atoms with van der Waals surface area (Å²) in [6, 6.07) is 37.4. The lowest BCUT2D eigenvalue weighted by Gasteiger charge is -2.35. The molecule has 3 aliphatic rings. The molecule has 0 radical (unpaired) electrons. The molecule has 2 aliphatic carbocycles. The van der Waals surface area contributed by atoms with E-state index in [1.807, 2.05) is 6.07 Å². The Morgan fingerprint density at radius 2 is 1.21 bits per heavy atom. The van der Waals surface area contributed by atoms with E-state index in [1.165, 1.54) is 38.9 Å². The molecule has 1 aliphatic heterocycles. The van der Waals surface area contributed by atoms with Crippen LogP contribution in [0.15, 0.2) is 108 Å². The highest BCUT2D eigenvalue weighted by molar-refractivity contribution is 6.62. The summed E-state index contributed by atoms with van der Waals surface area (Å²) in [5, 5.41) is 2.30. The lowest BCUT2D eigenvalue weighted by Crippen LogP contribution is -2.41. The minimum absolute atomic E-state index is 0.404. The van der Waals surface area contributed by atoms with E-state index in [0.29, 0.717) is 0 Å². The zero-order chi connectivity index (χ0) is 29.1. The zero-order valence-corrected chi connectivity index (χ0v) is 24.8. The fourth-order valence-electron chi connectivity index (χ4n) is 7.62. The molecule has 0 amide bonds. The second kappa shape index (κ2) is 8.38. The van der Waals surface area contributed by atoms with Crippen LogP contribution in [0.1, 0.15) is 61.1 Å². The highest BCUT2D eigenvalue weighted by Crippen LogP contribution is 2.60. The molecule has 1 aromatic heterocycles. The van der Waals surface area contributed by atoms with Crippen LogP contribution >= 0.6 is 0 Å². The summed E-state index contributed by atoms with van der Waals surface area (Å²) in [5.74, 6) is 0. The predicted octanol–water partition coefficient (Wildman–Crippen LogP) is 8.73. The highest BCUT2D eigenvalue weighted by atomic mass is 16.7. The fourth-order valence-corrected chi connectivity index (χ4v) is 7.62. The molecule has 3 nitrogen and oxygen atoms in total. The van der Waals surface area contributed by atoms with Gasteiger partial charge in [-0.05, 0) is 78.2 Å². The maximum atomic E-state index is 6.67. The monoisotopic (exact) mass is 558 g/mol. The first-order valence-electron chi connectivity index (χ1n) is 15.1.